The Bertz CT molecular complexity index is 912. The average Bonchev–Trinajstić information content (AvgIpc) is 3.01. The lowest BCUT2D eigenvalue weighted by Gasteiger charge is -2.25. The lowest BCUT2D eigenvalue weighted by atomic mass is 9.95. The van der Waals surface area contributed by atoms with Crippen LogP contribution in [0.2, 0.25) is 0 Å². The van der Waals surface area contributed by atoms with Crippen molar-refractivity contribution in [1.82, 2.24) is 9.55 Å². The van der Waals surface area contributed by atoms with Gasteiger partial charge in [0.15, 0.2) is 5.69 Å². The first kappa shape index (κ1) is 14.8. The van der Waals surface area contributed by atoms with Gasteiger partial charge in [0, 0.05) is 11.6 Å². The summed E-state index contributed by atoms with van der Waals surface area (Å²) in [5.74, 6) is 1.19. The Labute approximate surface area is 141 Å². The fourth-order valence-electron chi connectivity index (χ4n) is 3.68. The van der Waals surface area contributed by atoms with Crippen LogP contribution >= 0.6 is 0 Å². The molecule has 0 aliphatic heterocycles. The molecule has 0 bridgehead atoms. The van der Waals surface area contributed by atoms with Crippen molar-refractivity contribution >= 4 is 16.7 Å². The van der Waals surface area contributed by atoms with E-state index in [0.717, 1.165) is 22.4 Å². The second-order valence-electron chi connectivity index (χ2n) is 6.43. The Morgan fingerprint density at radius 2 is 1.79 bits per heavy atom. The van der Waals surface area contributed by atoms with Gasteiger partial charge in [-0.05, 0) is 49.2 Å². The van der Waals surface area contributed by atoms with Crippen LogP contribution in [-0.4, -0.2) is 14.7 Å². The smallest absolute Gasteiger partial charge is 0.189 e. The Morgan fingerprint density at radius 1 is 1.04 bits per heavy atom. The Balaban J connectivity index is 1.92. The van der Waals surface area contributed by atoms with E-state index < -0.39 is 0 Å². The van der Waals surface area contributed by atoms with E-state index in [1.165, 1.54) is 32.1 Å². The van der Waals surface area contributed by atoms with Crippen LogP contribution in [0.1, 0.15) is 38.1 Å². The normalized spacial score (nSPS) is 15.5. The third-order valence-corrected chi connectivity index (χ3v) is 4.87. The molecule has 0 radical (unpaired) electrons. The second-order valence-corrected chi connectivity index (χ2v) is 6.43. The molecule has 2 aromatic carbocycles. The predicted molar refractivity (Wildman–Crippen MR) is 95.2 cm³/mol. The van der Waals surface area contributed by atoms with Crippen LogP contribution in [-0.2, 0) is 0 Å². The first-order valence-corrected chi connectivity index (χ1v) is 8.45. The SMILES string of the molecule is [C-]#[N+]c1ccc2c(c1)nc(-c1ccc(O)cc1)n2C1CCCCC1. The predicted octanol–water partition coefficient (Wildman–Crippen LogP) is 5.46. The van der Waals surface area contributed by atoms with Gasteiger partial charge < -0.3 is 9.67 Å². The van der Waals surface area contributed by atoms with E-state index in [2.05, 4.69) is 9.41 Å². The molecule has 1 saturated carbocycles. The molecule has 0 saturated heterocycles. The first-order chi connectivity index (χ1) is 11.8. The summed E-state index contributed by atoms with van der Waals surface area (Å²) >= 11 is 0. The van der Waals surface area contributed by atoms with Crippen LogP contribution in [0.15, 0.2) is 42.5 Å². The molecule has 1 aliphatic carbocycles. The van der Waals surface area contributed by atoms with Crippen molar-refractivity contribution in [3.05, 3.63) is 53.9 Å². The van der Waals surface area contributed by atoms with Gasteiger partial charge in [-0.3, -0.25) is 0 Å². The molecule has 0 spiro atoms. The zero-order valence-corrected chi connectivity index (χ0v) is 13.4. The lowest BCUT2D eigenvalue weighted by Crippen LogP contribution is -2.13. The van der Waals surface area contributed by atoms with Crippen molar-refractivity contribution in [2.45, 2.75) is 38.1 Å². The molecule has 1 fully saturated rings. The van der Waals surface area contributed by atoms with Gasteiger partial charge in [-0.2, -0.15) is 0 Å². The summed E-state index contributed by atoms with van der Waals surface area (Å²) in [6.07, 6.45) is 6.14. The minimum atomic E-state index is 0.259. The van der Waals surface area contributed by atoms with Gasteiger partial charge in [0.25, 0.3) is 0 Å². The van der Waals surface area contributed by atoms with Gasteiger partial charge in [0.1, 0.15) is 11.6 Å². The minimum absolute atomic E-state index is 0.259. The summed E-state index contributed by atoms with van der Waals surface area (Å²) in [4.78, 5) is 8.36. The van der Waals surface area contributed by atoms with E-state index in [9.17, 15) is 5.11 Å². The zero-order chi connectivity index (χ0) is 16.5. The number of hydrogen-bond acceptors (Lipinski definition) is 2. The van der Waals surface area contributed by atoms with Crippen molar-refractivity contribution in [2.24, 2.45) is 0 Å². The van der Waals surface area contributed by atoms with Crippen molar-refractivity contribution in [3.8, 4) is 17.1 Å². The number of benzene rings is 2. The van der Waals surface area contributed by atoms with Crippen molar-refractivity contribution < 1.29 is 5.11 Å². The van der Waals surface area contributed by atoms with Gasteiger partial charge in [0.05, 0.1) is 17.6 Å². The van der Waals surface area contributed by atoms with E-state index in [1.54, 1.807) is 12.1 Å². The van der Waals surface area contributed by atoms with Crippen LogP contribution in [0.25, 0.3) is 27.3 Å². The highest BCUT2D eigenvalue weighted by Gasteiger charge is 2.22. The summed E-state index contributed by atoms with van der Waals surface area (Å²) in [7, 11) is 0. The summed E-state index contributed by atoms with van der Waals surface area (Å²) < 4.78 is 2.34. The topological polar surface area (TPSA) is 42.4 Å². The van der Waals surface area contributed by atoms with Gasteiger partial charge in [-0.15, -0.1) is 0 Å². The fourth-order valence-corrected chi connectivity index (χ4v) is 3.68. The van der Waals surface area contributed by atoms with Gasteiger partial charge in [-0.1, -0.05) is 25.3 Å². The molecule has 1 heterocycles. The maximum Gasteiger partial charge on any atom is 0.189 e. The van der Waals surface area contributed by atoms with Crippen molar-refractivity contribution in [3.63, 3.8) is 0 Å². The van der Waals surface area contributed by atoms with Gasteiger partial charge in [0.2, 0.25) is 0 Å². The highest BCUT2D eigenvalue weighted by Crippen LogP contribution is 2.37. The summed E-state index contributed by atoms with van der Waals surface area (Å²) in [6.45, 7) is 7.23. The van der Waals surface area contributed by atoms with E-state index in [1.807, 2.05) is 30.3 Å². The van der Waals surface area contributed by atoms with E-state index >= 15 is 0 Å². The third kappa shape index (κ3) is 2.52. The molecule has 120 valence electrons. The third-order valence-electron chi connectivity index (χ3n) is 4.87. The highest BCUT2D eigenvalue weighted by molar-refractivity contribution is 5.84. The van der Waals surface area contributed by atoms with Crippen molar-refractivity contribution in [1.29, 1.82) is 0 Å². The van der Waals surface area contributed by atoms with E-state index in [4.69, 9.17) is 11.6 Å². The number of nitrogens with zero attached hydrogens (tertiary/aromatic N) is 3. The molecular formula is C20H19N3O. The van der Waals surface area contributed by atoms with Crippen LogP contribution in [0, 0.1) is 6.57 Å². The largest absolute Gasteiger partial charge is 0.508 e. The number of aromatic hydroxyl groups is 1. The van der Waals surface area contributed by atoms with Crippen LogP contribution in [0.5, 0.6) is 5.75 Å². The molecule has 1 N–H and O–H groups in total. The summed E-state index contributed by atoms with van der Waals surface area (Å²) in [5, 5.41) is 9.57. The maximum atomic E-state index is 9.57. The number of aromatic nitrogens is 2. The molecule has 1 aromatic heterocycles. The monoisotopic (exact) mass is 317 g/mol. The number of hydrogen-bond donors (Lipinski definition) is 1. The zero-order valence-electron chi connectivity index (χ0n) is 13.4. The van der Waals surface area contributed by atoms with Crippen LogP contribution in [0.4, 0.5) is 5.69 Å². The minimum Gasteiger partial charge on any atom is -0.508 e. The second kappa shape index (κ2) is 6.01. The van der Waals surface area contributed by atoms with E-state index in [-0.39, 0.29) is 5.75 Å². The van der Waals surface area contributed by atoms with Gasteiger partial charge in [-0.25, -0.2) is 9.83 Å². The summed E-state index contributed by atoms with van der Waals surface area (Å²) in [6, 6.07) is 13.4. The fraction of sp³-hybridized carbons (Fsp3) is 0.300. The van der Waals surface area contributed by atoms with E-state index in [0.29, 0.717) is 11.7 Å². The lowest BCUT2D eigenvalue weighted by molar-refractivity contribution is 0.362. The highest BCUT2D eigenvalue weighted by atomic mass is 16.3. The Hall–Kier alpha value is -2.80. The molecule has 3 aromatic rings. The molecule has 4 rings (SSSR count). The Kier molecular flexibility index (Phi) is 3.70. The number of rotatable bonds is 2. The number of phenols is 1. The molecule has 4 nitrogen and oxygen atoms in total. The number of phenolic OH excluding ortho intramolecular Hbond substituents is 1. The molecule has 0 amide bonds. The summed E-state index contributed by atoms with van der Waals surface area (Å²) in [5.41, 5.74) is 3.58. The molecule has 4 heteroatoms. The quantitative estimate of drug-likeness (QED) is 0.637. The molecule has 0 unspecified atom stereocenters. The maximum absolute atomic E-state index is 9.57. The average molecular weight is 317 g/mol. The standard InChI is InChI=1S/C20H19N3O/c1-21-15-9-12-19-18(13-15)22-20(14-7-10-17(24)11-8-14)23(19)16-5-3-2-4-6-16/h7-13,16,24H,2-6H2. The molecular weight excluding hydrogens is 298 g/mol. The molecule has 24 heavy (non-hydrogen) atoms. The molecule has 0 atom stereocenters. The molecule has 1 aliphatic rings. The van der Waals surface area contributed by atoms with Gasteiger partial charge >= 0.3 is 0 Å². The Morgan fingerprint density at radius 3 is 2.50 bits per heavy atom. The number of imidazole rings is 1. The van der Waals surface area contributed by atoms with Crippen LogP contribution < -0.4 is 0 Å². The number of fused-ring (bicyclic) bond motifs is 1. The van der Waals surface area contributed by atoms with Crippen molar-refractivity contribution in [2.75, 3.05) is 0 Å². The first-order valence-electron chi connectivity index (χ1n) is 8.45. The van der Waals surface area contributed by atoms with Crippen LogP contribution in [0.3, 0.4) is 0 Å².